The van der Waals surface area contributed by atoms with Gasteiger partial charge in [-0.3, -0.25) is 4.79 Å². The molecule has 1 heterocycles. The van der Waals surface area contributed by atoms with Crippen molar-refractivity contribution in [3.63, 3.8) is 0 Å². The molecule has 1 fully saturated rings. The first-order valence-electron chi connectivity index (χ1n) is 6.54. The predicted molar refractivity (Wildman–Crippen MR) is 78.5 cm³/mol. The minimum absolute atomic E-state index is 0.0363. The molecule has 1 amide bonds. The summed E-state index contributed by atoms with van der Waals surface area (Å²) in [5, 5.41) is 4.97. The molecule has 1 saturated heterocycles. The highest BCUT2D eigenvalue weighted by atomic mass is 32.2. The predicted octanol–water partition coefficient (Wildman–Crippen LogP) is -0.780. The van der Waals surface area contributed by atoms with Crippen molar-refractivity contribution in [1.82, 2.24) is 4.31 Å². The Hall–Kier alpha value is -1.49. The molecule has 8 nitrogen and oxygen atoms in total. The normalized spacial score (nSPS) is 20.7. The van der Waals surface area contributed by atoms with Gasteiger partial charge in [-0.25, -0.2) is 22.0 Å². The molecule has 1 aliphatic rings. The lowest BCUT2D eigenvalue weighted by Crippen LogP contribution is -2.44. The number of carbonyl (C=O) groups is 1. The minimum atomic E-state index is -3.88. The number of sulfonamides is 2. The minimum Gasteiger partial charge on any atom is -0.369 e. The van der Waals surface area contributed by atoms with Gasteiger partial charge in [0.2, 0.25) is 26.0 Å². The van der Waals surface area contributed by atoms with Gasteiger partial charge in [0, 0.05) is 13.1 Å². The van der Waals surface area contributed by atoms with Crippen molar-refractivity contribution in [2.24, 2.45) is 16.8 Å². The van der Waals surface area contributed by atoms with E-state index in [1.54, 1.807) is 0 Å². The van der Waals surface area contributed by atoms with Crippen LogP contribution < -0.4 is 10.9 Å². The molecule has 0 saturated carbocycles. The van der Waals surface area contributed by atoms with E-state index in [4.69, 9.17) is 10.9 Å². The molecular formula is C12H17N3O5S2. The fourth-order valence-electron chi connectivity index (χ4n) is 2.34. The van der Waals surface area contributed by atoms with E-state index in [9.17, 15) is 21.6 Å². The second-order valence-corrected chi connectivity index (χ2v) is 8.62. The van der Waals surface area contributed by atoms with Gasteiger partial charge in [0.05, 0.1) is 15.7 Å². The molecule has 4 N–H and O–H groups in total. The molecule has 10 heteroatoms. The summed E-state index contributed by atoms with van der Waals surface area (Å²) in [7, 11) is -7.68. The Bertz CT molecular complexity index is 771. The maximum atomic E-state index is 12.5. The molecule has 0 bridgehead atoms. The topological polar surface area (TPSA) is 141 Å². The van der Waals surface area contributed by atoms with Crippen molar-refractivity contribution in [3.8, 4) is 0 Å². The summed E-state index contributed by atoms with van der Waals surface area (Å²) in [4.78, 5) is 11.0. The number of carbonyl (C=O) groups excluding carboxylic acids is 1. The van der Waals surface area contributed by atoms with Crippen LogP contribution in [0.2, 0.25) is 0 Å². The van der Waals surface area contributed by atoms with E-state index in [-0.39, 0.29) is 16.3 Å². The van der Waals surface area contributed by atoms with Gasteiger partial charge < -0.3 is 5.73 Å². The Morgan fingerprint density at radius 3 is 2.14 bits per heavy atom. The number of nitrogens with zero attached hydrogens (tertiary/aromatic N) is 1. The molecule has 1 atom stereocenters. The van der Waals surface area contributed by atoms with E-state index in [0.717, 1.165) is 12.1 Å². The van der Waals surface area contributed by atoms with Crippen LogP contribution in [0.15, 0.2) is 34.1 Å². The molecular weight excluding hydrogens is 330 g/mol. The highest BCUT2D eigenvalue weighted by Crippen LogP contribution is 2.24. The number of benzene rings is 1. The molecule has 0 unspecified atom stereocenters. The van der Waals surface area contributed by atoms with Gasteiger partial charge in [-0.15, -0.1) is 0 Å². The maximum absolute atomic E-state index is 12.5. The third-order valence-corrected chi connectivity index (χ3v) is 6.39. The van der Waals surface area contributed by atoms with Crippen molar-refractivity contribution in [1.29, 1.82) is 0 Å². The number of amides is 1. The van der Waals surface area contributed by atoms with Gasteiger partial charge in [-0.1, -0.05) is 0 Å². The third-order valence-electron chi connectivity index (χ3n) is 3.58. The lowest BCUT2D eigenvalue weighted by Gasteiger charge is -2.30. The summed E-state index contributed by atoms with van der Waals surface area (Å²) < 4.78 is 48.6. The molecule has 0 spiro atoms. The van der Waals surface area contributed by atoms with E-state index in [2.05, 4.69) is 0 Å². The van der Waals surface area contributed by atoms with Gasteiger partial charge in [-0.2, -0.15) is 4.31 Å². The lowest BCUT2D eigenvalue weighted by molar-refractivity contribution is -0.122. The van der Waals surface area contributed by atoms with Crippen LogP contribution in [0.1, 0.15) is 12.8 Å². The Morgan fingerprint density at radius 2 is 1.64 bits per heavy atom. The SMILES string of the molecule is NC(=O)[C@@H]1CCCN(S(=O)(=O)c2ccc(S(N)(=O)=O)cc2)C1. The van der Waals surface area contributed by atoms with Crippen LogP contribution in [-0.2, 0) is 24.8 Å². The Labute approximate surface area is 129 Å². The average Bonchev–Trinajstić information content (AvgIpc) is 2.46. The first-order chi connectivity index (χ1) is 10.1. The lowest BCUT2D eigenvalue weighted by atomic mass is 9.99. The van der Waals surface area contributed by atoms with Crippen LogP contribution >= 0.6 is 0 Å². The largest absolute Gasteiger partial charge is 0.369 e. The Balaban J connectivity index is 2.28. The highest BCUT2D eigenvalue weighted by Gasteiger charge is 2.32. The highest BCUT2D eigenvalue weighted by molar-refractivity contribution is 7.89. The molecule has 0 aliphatic carbocycles. The average molecular weight is 347 g/mol. The zero-order valence-electron chi connectivity index (χ0n) is 11.7. The van der Waals surface area contributed by atoms with Crippen LogP contribution in [-0.4, -0.2) is 40.1 Å². The molecule has 2 rings (SSSR count). The summed E-state index contributed by atoms with van der Waals surface area (Å²) in [6, 6.07) is 4.64. The number of rotatable bonds is 4. The van der Waals surface area contributed by atoms with E-state index in [1.807, 2.05) is 0 Å². The Morgan fingerprint density at radius 1 is 1.09 bits per heavy atom. The maximum Gasteiger partial charge on any atom is 0.243 e. The monoisotopic (exact) mass is 347 g/mol. The molecule has 0 radical (unpaired) electrons. The first kappa shape index (κ1) is 16.9. The first-order valence-corrected chi connectivity index (χ1v) is 9.53. The second kappa shape index (κ2) is 5.95. The van der Waals surface area contributed by atoms with E-state index in [1.165, 1.54) is 16.4 Å². The number of nitrogens with two attached hydrogens (primary N) is 2. The smallest absolute Gasteiger partial charge is 0.243 e. The van der Waals surface area contributed by atoms with Gasteiger partial charge in [0.15, 0.2) is 0 Å². The van der Waals surface area contributed by atoms with Gasteiger partial charge in [0.1, 0.15) is 0 Å². The zero-order chi connectivity index (χ0) is 16.5. The molecule has 122 valence electrons. The molecule has 1 aliphatic heterocycles. The van der Waals surface area contributed by atoms with Crippen LogP contribution in [0.3, 0.4) is 0 Å². The molecule has 1 aromatic rings. The fraction of sp³-hybridized carbons (Fsp3) is 0.417. The van der Waals surface area contributed by atoms with Gasteiger partial charge in [-0.05, 0) is 37.1 Å². The van der Waals surface area contributed by atoms with Gasteiger partial charge in [0.25, 0.3) is 0 Å². The molecule has 22 heavy (non-hydrogen) atoms. The van der Waals surface area contributed by atoms with Crippen LogP contribution in [0.25, 0.3) is 0 Å². The number of primary amides is 1. The van der Waals surface area contributed by atoms with E-state index < -0.39 is 31.9 Å². The zero-order valence-corrected chi connectivity index (χ0v) is 13.3. The van der Waals surface area contributed by atoms with Crippen molar-refractivity contribution in [2.45, 2.75) is 22.6 Å². The van der Waals surface area contributed by atoms with Crippen molar-refractivity contribution < 1.29 is 21.6 Å². The second-order valence-electron chi connectivity index (χ2n) is 5.12. The van der Waals surface area contributed by atoms with Crippen LogP contribution in [0.4, 0.5) is 0 Å². The van der Waals surface area contributed by atoms with Gasteiger partial charge >= 0.3 is 0 Å². The summed E-state index contributed by atoms with van der Waals surface area (Å²) in [5.74, 6) is -1.03. The van der Waals surface area contributed by atoms with Crippen molar-refractivity contribution in [3.05, 3.63) is 24.3 Å². The molecule has 1 aromatic carbocycles. The fourth-order valence-corrected chi connectivity index (χ4v) is 4.38. The number of piperidine rings is 1. The van der Waals surface area contributed by atoms with Crippen LogP contribution in [0.5, 0.6) is 0 Å². The molecule has 0 aromatic heterocycles. The summed E-state index contributed by atoms with van der Waals surface area (Å²) in [6.07, 6.45) is 1.10. The third kappa shape index (κ3) is 3.46. The summed E-state index contributed by atoms with van der Waals surface area (Å²) in [5.41, 5.74) is 5.24. The number of hydrogen-bond donors (Lipinski definition) is 2. The Kier molecular flexibility index (Phi) is 4.57. The van der Waals surface area contributed by atoms with E-state index >= 15 is 0 Å². The standard InChI is InChI=1S/C12H17N3O5S2/c13-12(16)9-2-1-7-15(8-9)22(19,20)11-5-3-10(4-6-11)21(14,17)18/h3-6,9H,1-2,7-8H2,(H2,13,16)(H2,14,17,18)/t9-/m1/s1. The van der Waals surface area contributed by atoms with Crippen molar-refractivity contribution in [2.75, 3.05) is 13.1 Å². The van der Waals surface area contributed by atoms with E-state index in [0.29, 0.717) is 19.4 Å². The number of primary sulfonamides is 1. The van der Waals surface area contributed by atoms with Crippen LogP contribution in [0, 0.1) is 5.92 Å². The summed E-state index contributed by atoms with van der Waals surface area (Å²) >= 11 is 0. The quantitative estimate of drug-likeness (QED) is 0.735. The summed E-state index contributed by atoms with van der Waals surface area (Å²) in [6.45, 7) is 0.331. The van der Waals surface area contributed by atoms with Crippen molar-refractivity contribution >= 4 is 26.0 Å². The number of hydrogen-bond acceptors (Lipinski definition) is 5.